The van der Waals surface area contributed by atoms with Crippen LogP contribution in [-0.4, -0.2) is 34.1 Å². The van der Waals surface area contributed by atoms with E-state index in [1.807, 2.05) is 0 Å². The number of aromatic nitrogens is 2. The van der Waals surface area contributed by atoms with Gasteiger partial charge in [-0.3, -0.25) is 9.59 Å². The molecular formula is C14H21N3O2. The minimum Gasteiger partial charge on any atom is -0.338 e. The average molecular weight is 263 g/mol. The summed E-state index contributed by atoms with van der Waals surface area (Å²) < 4.78 is 0. The molecule has 5 heteroatoms. The third kappa shape index (κ3) is 2.69. The van der Waals surface area contributed by atoms with Gasteiger partial charge in [0.1, 0.15) is 5.56 Å². The number of nitrogens with zero attached hydrogens (tertiary/aromatic N) is 2. The van der Waals surface area contributed by atoms with Crippen molar-refractivity contribution in [3.05, 3.63) is 27.2 Å². The van der Waals surface area contributed by atoms with E-state index in [4.69, 9.17) is 0 Å². The van der Waals surface area contributed by atoms with Gasteiger partial charge in [0.2, 0.25) is 0 Å². The Kier molecular flexibility index (Phi) is 3.73. The highest BCUT2D eigenvalue weighted by Gasteiger charge is 2.28. The predicted molar refractivity (Wildman–Crippen MR) is 73.2 cm³/mol. The summed E-state index contributed by atoms with van der Waals surface area (Å²) >= 11 is 0. The highest BCUT2D eigenvalue weighted by atomic mass is 16.2. The molecule has 1 saturated heterocycles. The third-order valence-corrected chi connectivity index (χ3v) is 3.84. The van der Waals surface area contributed by atoms with E-state index in [9.17, 15) is 9.59 Å². The third-order valence-electron chi connectivity index (χ3n) is 3.84. The van der Waals surface area contributed by atoms with Crippen molar-refractivity contribution < 1.29 is 4.79 Å². The lowest BCUT2D eigenvalue weighted by Crippen LogP contribution is -2.44. The molecule has 1 fully saturated rings. The number of hydrogen-bond donors (Lipinski definition) is 1. The van der Waals surface area contributed by atoms with Gasteiger partial charge in [0.25, 0.3) is 11.5 Å². The van der Waals surface area contributed by atoms with Gasteiger partial charge < -0.3 is 4.90 Å². The van der Waals surface area contributed by atoms with Gasteiger partial charge in [0, 0.05) is 13.1 Å². The van der Waals surface area contributed by atoms with Crippen LogP contribution in [0.15, 0.2) is 4.79 Å². The largest absolute Gasteiger partial charge is 0.338 e. The molecule has 0 aliphatic carbocycles. The molecule has 104 valence electrons. The second-order valence-corrected chi connectivity index (χ2v) is 5.79. The number of aromatic amines is 1. The Balaban J connectivity index is 2.34. The maximum atomic E-state index is 12.6. The lowest BCUT2D eigenvalue weighted by molar-refractivity contribution is 0.0620. The van der Waals surface area contributed by atoms with Crippen molar-refractivity contribution in [2.45, 2.75) is 34.1 Å². The predicted octanol–water partition coefficient (Wildman–Crippen LogP) is 1.50. The molecular weight excluding hydrogens is 242 g/mol. The molecule has 2 atom stereocenters. The SMILES string of the molecule is Cc1n[nH]c(=O)c(C(=O)N2C[C@@H](C)C[C@H](C)C2)c1C. The second kappa shape index (κ2) is 5.15. The summed E-state index contributed by atoms with van der Waals surface area (Å²) in [4.78, 5) is 26.2. The quantitative estimate of drug-likeness (QED) is 0.835. The summed E-state index contributed by atoms with van der Waals surface area (Å²) in [6, 6.07) is 0. The van der Waals surface area contributed by atoms with Crippen molar-refractivity contribution in [3.63, 3.8) is 0 Å². The van der Waals surface area contributed by atoms with E-state index in [0.29, 0.717) is 23.1 Å². The highest BCUT2D eigenvalue weighted by molar-refractivity contribution is 5.95. The molecule has 0 saturated carbocycles. The lowest BCUT2D eigenvalue weighted by atomic mass is 9.91. The Hall–Kier alpha value is -1.65. The van der Waals surface area contributed by atoms with Gasteiger partial charge in [0.15, 0.2) is 0 Å². The van der Waals surface area contributed by atoms with Gasteiger partial charge in [-0.15, -0.1) is 0 Å². The first-order valence-corrected chi connectivity index (χ1v) is 6.75. The van der Waals surface area contributed by atoms with Gasteiger partial charge in [0.05, 0.1) is 5.69 Å². The Morgan fingerprint density at radius 2 is 1.84 bits per heavy atom. The van der Waals surface area contributed by atoms with Crippen molar-refractivity contribution >= 4 is 5.91 Å². The van der Waals surface area contributed by atoms with E-state index in [0.717, 1.165) is 19.5 Å². The molecule has 1 aliphatic heterocycles. The molecule has 0 spiro atoms. The summed E-state index contributed by atoms with van der Waals surface area (Å²) in [5.74, 6) is 0.799. The zero-order valence-electron chi connectivity index (χ0n) is 12.0. The molecule has 1 aliphatic rings. The van der Waals surface area contributed by atoms with Crippen molar-refractivity contribution in [2.24, 2.45) is 11.8 Å². The van der Waals surface area contributed by atoms with Crippen LogP contribution in [0, 0.1) is 25.7 Å². The van der Waals surface area contributed by atoms with Gasteiger partial charge in [-0.25, -0.2) is 5.10 Å². The van der Waals surface area contributed by atoms with Crippen molar-refractivity contribution in [1.82, 2.24) is 15.1 Å². The van der Waals surface area contributed by atoms with Crippen LogP contribution in [0.5, 0.6) is 0 Å². The van der Waals surface area contributed by atoms with E-state index in [-0.39, 0.29) is 17.0 Å². The molecule has 2 heterocycles. The van der Waals surface area contributed by atoms with E-state index in [2.05, 4.69) is 24.0 Å². The van der Waals surface area contributed by atoms with E-state index in [1.54, 1.807) is 18.7 Å². The maximum Gasteiger partial charge on any atom is 0.277 e. The Morgan fingerprint density at radius 3 is 2.42 bits per heavy atom. The normalized spacial score (nSPS) is 23.5. The molecule has 19 heavy (non-hydrogen) atoms. The Bertz CT molecular complexity index is 540. The first-order valence-electron chi connectivity index (χ1n) is 6.75. The summed E-state index contributed by atoms with van der Waals surface area (Å²) in [6.45, 7) is 9.31. The number of rotatable bonds is 1. The van der Waals surface area contributed by atoms with Gasteiger partial charge in [-0.2, -0.15) is 5.10 Å². The molecule has 0 aromatic carbocycles. The van der Waals surface area contributed by atoms with Crippen LogP contribution >= 0.6 is 0 Å². The number of piperidine rings is 1. The summed E-state index contributed by atoms with van der Waals surface area (Å²) in [5.41, 5.74) is 1.23. The second-order valence-electron chi connectivity index (χ2n) is 5.79. The average Bonchev–Trinajstić information content (AvgIpc) is 2.33. The number of likely N-dealkylation sites (tertiary alicyclic amines) is 1. The van der Waals surface area contributed by atoms with Crippen LogP contribution in [-0.2, 0) is 0 Å². The molecule has 0 bridgehead atoms. The van der Waals surface area contributed by atoms with Crippen LogP contribution in [0.1, 0.15) is 41.9 Å². The number of nitrogens with one attached hydrogen (secondary N) is 1. The molecule has 1 aromatic heterocycles. The van der Waals surface area contributed by atoms with E-state index >= 15 is 0 Å². The zero-order chi connectivity index (χ0) is 14.2. The topological polar surface area (TPSA) is 66.1 Å². The number of hydrogen-bond acceptors (Lipinski definition) is 3. The molecule has 0 radical (unpaired) electrons. The zero-order valence-corrected chi connectivity index (χ0v) is 12.0. The minimum absolute atomic E-state index is 0.164. The minimum atomic E-state index is -0.390. The Morgan fingerprint density at radius 1 is 1.26 bits per heavy atom. The molecule has 5 nitrogen and oxygen atoms in total. The van der Waals surface area contributed by atoms with Crippen molar-refractivity contribution in [1.29, 1.82) is 0 Å². The van der Waals surface area contributed by atoms with Crippen LogP contribution in [0.2, 0.25) is 0 Å². The van der Waals surface area contributed by atoms with Crippen LogP contribution in [0.3, 0.4) is 0 Å². The standard InChI is InChI=1S/C14H21N3O2/c1-8-5-9(2)7-17(6-8)14(19)12-10(3)11(4)15-16-13(12)18/h8-9H,5-7H2,1-4H3,(H,16,18)/t8-,9-/m0/s1. The fourth-order valence-corrected chi connectivity index (χ4v) is 2.87. The van der Waals surface area contributed by atoms with Crippen LogP contribution in [0.25, 0.3) is 0 Å². The molecule has 1 aromatic rings. The van der Waals surface area contributed by atoms with E-state index < -0.39 is 0 Å². The highest BCUT2D eigenvalue weighted by Crippen LogP contribution is 2.22. The van der Waals surface area contributed by atoms with Gasteiger partial charge in [-0.05, 0) is 37.7 Å². The number of carbonyl (C=O) groups excluding carboxylic acids is 1. The smallest absolute Gasteiger partial charge is 0.277 e. The fourth-order valence-electron chi connectivity index (χ4n) is 2.87. The number of carbonyl (C=O) groups is 1. The number of H-pyrrole nitrogens is 1. The molecule has 0 unspecified atom stereocenters. The molecule has 2 rings (SSSR count). The maximum absolute atomic E-state index is 12.6. The van der Waals surface area contributed by atoms with Gasteiger partial charge >= 0.3 is 0 Å². The van der Waals surface area contributed by atoms with Crippen LogP contribution < -0.4 is 5.56 Å². The van der Waals surface area contributed by atoms with Gasteiger partial charge in [-0.1, -0.05) is 13.8 Å². The first-order chi connectivity index (χ1) is 8.90. The van der Waals surface area contributed by atoms with Crippen LogP contribution in [0.4, 0.5) is 0 Å². The monoisotopic (exact) mass is 263 g/mol. The number of amides is 1. The Labute approximate surface area is 113 Å². The lowest BCUT2D eigenvalue weighted by Gasteiger charge is -2.35. The van der Waals surface area contributed by atoms with Crippen molar-refractivity contribution in [3.8, 4) is 0 Å². The fraction of sp³-hybridized carbons (Fsp3) is 0.643. The number of aryl methyl sites for hydroxylation is 1. The van der Waals surface area contributed by atoms with E-state index in [1.165, 1.54) is 0 Å². The summed E-state index contributed by atoms with van der Waals surface area (Å²) in [5, 5.41) is 6.29. The molecule has 1 amide bonds. The van der Waals surface area contributed by atoms with Crippen molar-refractivity contribution in [2.75, 3.05) is 13.1 Å². The summed E-state index contributed by atoms with van der Waals surface area (Å²) in [6.07, 6.45) is 1.13. The summed E-state index contributed by atoms with van der Waals surface area (Å²) in [7, 11) is 0. The first kappa shape index (κ1) is 13.8. The molecule has 1 N–H and O–H groups in total.